The Bertz CT molecular complexity index is 1190. The average molecular weight is 479 g/mol. The number of aromatic nitrogens is 2. The molecule has 0 spiro atoms. The molecule has 0 radical (unpaired) electrons. The monoisotopic (exact) mass is 478 g/mol. The van der Waals surface area contributed by atoms with Crippen LogP contribution in [0.15, 0.2) is 42.6 Å². The number of nitrogens with one attached hydrogen (secondary N) is 1. The van der Waals surface area contributed by atoms with Crippen molar-refractivity contribution in [3.05, 3.63) is 48.2 Å². The van der Waals surface area contributed by atoms with E-state index in [0.29, 0.717) is 52.4 Å². The first-order valence-electron chi connectivity index (χ1n) is 12.3. The molecule has 9 nitrogen and oxygen atoms in total. The van der Waals surface area contributed by atoms with Gasteiger partial charge in [-0.3, -0.25) is 0 Å². The minimum Gasteiger partial charge on any atom is -0.441 e. The van der Waals surface area contributed by atoms with Gasteiger partial charge in [-0.1, -0.05) is 24.3 Å². The van der Waals surface area contributed by atoms with Crippen LogP contribution in [0.25, 0.3) is 22.3 Å². The summed E-state index contributed by atoms with van der Waals surface area (Å²) in [5.41, 5.74) is 4.08. The van der Waals surface area contributed by atoms with Crippen LogP contribution in [-0.4, -0.2) is 84.8 Å². The van der Waals surface area contributed by atoms with Crippen molar-refractivity contribution < 1.29 is 24.1 Å². The highest BCUT2D eigenvalue weighted by Crippen LogP contribution is 2.35. The van der Waals surface area contributed by atoms with Gasteiger partial charge in [-0.25, -0.2) is 9.78 Å². The van der Waals surface area contributed by atoms with Gasteiger partial charge in [-0.15, -0.1) is 0 Å². The zero-order valence-corrected chi connectivity index (χ0v) is 19.6. The van der Waals surface area contributed by atoms with Crippen molar-refractivity contribution in [1.82, 2.24) is 14.9 Å². The lowest BCUT2D eigenvalue weighted by Crippen LogP contribution is -2.51. The zero-order valence-electron chi connectivity index (χ0n) is 19.6. The summed E-state index contributed by atoms with van der Waals surface area (Å²) in [6.45, 7) is 4.84. The van der Waals surface area contributed by atoms with Crippen molar-refractivity contribution in [2.24, 2.45) is 0 Å². The number of rotatable bonds is 4. The minimum atomic E-state index is -0.813. The van der Waals surface area contributed by atoms with Crippen molar-refractivity contribution in [2.75, 3.05) is 57.5 Å². The van der Waals surface area contributed by atoms with E-state index in [1.54, 1.807) is 4.90 Å². The lowest BCUT2D eigenvalue weighted by Gasteiger charge is -2.37. The first kappa shape index (κ1) is 22.3. The Labute approximate surface area is 203 Å². The summed E-state index contributed by atoms with van der Waals surface area (Å²) < 4.78 is 15.9. The lowest BCUT2D eigenvalue weighted by molar-refractivity contribution is -0.104. The molecule has 0 aliphatic carbocycles. The predicted octanol–water partition coefficient (Wildman–Crippen LogP) is 2.89. The summed E-state index contributed by atoms with van der Waals surface area (Å²) in [4.78, 5) is 24.4. The van der Waals surface area contributed by atoms with Crippen LogP contribution in [0.1, 0.15) is 18.4 Å². The van der Waals surface area contributed by atoms with Gasteiger partial charge in [0.1, 0.15) is 5.65 Å². The second-order valence-electron chi connectivity index (χ2n) is 9.51. The second kappa shape index (κ2) is 9.14. The highest BCUT2D eigenvalue weighted by Gasteiger charge is 2.32. The number of anilines is 1. The molecule has 2 aromatic heterocycles. The number of carbonyl (C=O) groups excluding carboxylic acids is 1. The van der Waals surface area contributed by atoms with Crippen LogP contribution in [0, 0.1) is 0 Å². The topological polar surface area (TPSA) is 100 Å². The number of benzene rings is 1. The summed E-state index contributed by atoms with van der Waals surface area (Å²) in [6, 6.07) is 12.3. The van der Waals surface area contributed by atoms with E-state index in [1.165, 1.54) is 0 Å². The van der Waals surface area contributed by atoms with Gasteiger partial charge in [0, 0.05) is 75.2 Å². The standard InChI is InChI=1S/C26H30N4O5/c31-25(35-20-16-34-17-20)30-11-9-29(10-12-30)23-5-8-27-24-21(23)15-22(28-24)18-1-3-19(4-2-18)26(32)6-13-33-14-7-26/h1-5,8,15,20,32H,6-7,9-14,16-17H2,(H,27,28). The van der Waals surface area contributed by atoms with Crippen LogP contribution in [0.5, 0.6) is 0 Å². The van der Waals surface area contributed by atoms with Crippen molar-refractivity contribution in [3.8, 4) is 11.3 Å². The Kier molecular flexibility index (Phi) is 5.83. The molecule has 35 heavy (non-hydrogen) atoms. The third-order valence-corrected chi connectivity index (χ3v) is 7.32. The number of amides is 1. The molecule has 3 saturated heterocycles. The van der Waals surface area contributed by atoms with Gasteiger partial charge >= 0.3 is 6.09 Å². The number of nitrogens with zero attached hydrogens (tertiary/aromatic N) is 3. The summed E-state index contributed by atoms with van der Waals surface area (Å²) in [5.74, 6) is 0. The normalized spacial score (nSPS) is 20.6. The highest BCUT2D eigenvalue weighted by molar-refractivity contribution is 5.94. The van der Waals surface area contributed by atoms with Gasteiger partial charge in [0.25, 0.3) is 0 Å². The smallest absolute Gasteiger partial charge is 0.410 e. The van der Waals surface area contributed by atoms with Crippen LogP contribution in [0.4, 0.5) is 10.5 Å². The number of aromatic amines is 1. The van der Waals surface area contributed by atoms with E-state index in [2.05, 4.69) is 20.9 Å². The number of ether oxygens (including phenoxy) is 3. The number of hydrogen-bond donors (Lipinski definition) is 2. The highest BCUT2D eigenvalue weighted by atomic mass is 16.6. The summed E-state index contributed by atoms with van der Waals surface area (Å²) in [7, 11) is 0. The molecule has 9 heteroatoms. The molecule has 1 amide bonds. The molecule has 3 aliphatic rings. The van der Waals surface area contributed by atoms with E-state index in [9.17, 15) is 9.90 Å². The quantitative estimate of drug-likeness (QED) is 0.595. The Morgan fingerprint density at radius 2 is 1.80 bits per heavy atom. The van der Waals surface area contributed by atoms with Gasteiger partial charge < -0.3 is 34.1 Å². The van der Waals surface area contributed by atoms with Crippen LogP contribution in [0.3, 0.4) is 0 Å². The maximum absolute atomic E-state index is 12.4. The lowest BCUT2D eigenvalue weighted by atomic mass is 9.86. The molecular weight excluding hydrogens is 448 g/mol. The first-order chi connectivity index (χ1) is 17.1. The number of pyridine rings is 1. The van der Waals surface area contributed by atoms with Crippen LogP contribution in [0.2, 0.25) is 0 Å². The number of carbonyl (C=O) groups is 1. The summed E-state index contributed by atoms with van der Waals surface area (Å²) in [5, 5.41) is 12.0. The van der Waals surface area contributed by atoms with E-state index in [4.69, 9.17) is 14.2 Å². The van der Waals surface area contributed by atoms with Crippen molar-refractivity contribution in [1.29, 1.82) is 0 Å². The molecule has 184 valence electrons. The predicted molar refractivity (Wildman–Crippen MR) is 130 cm³/mol. The Morgan fingerprint density at radius 1 is 1.06 bits per heavy atom. The molecule has 3 aliphatic heterocycles. The van der Waals surface area contributed by atoms with Crippen molar-refractivity contribution >= 4 is 22.8 Å². The molecule has 2 N–H and O–H groups in total. The molecule has 3 aromatic rings. The molecule has 0 unspecified atom stereocenters. The molecule has 1 aromatic carbocycles. The van der Waals surface area contributed by atoms with Crippen LogP contribution >= 0.6 is 0 Å². The van der Waals surface area contributed by atoms with Crippen LogP contribution in [-0.2, 0) is 19.8 Å². The molecular formula is C26H30N4O5. The third kappa shape index (κ3) is 4.35. The fourth-order valence-corrected chi connectivity index (χ4v) is 5.03. The number of piperazine rings is 1. The van der Waals surface area contributed by atoms with Gasteiger partial charge in [-0.05, 0) is 23.3 Å². The molecule has 6 rings (SSSR count). The van der Waals surface area contributed by atoms with E-state index in [-0.39, 0.29) is 12.2 Å². The fraction of sp³-hybridized carbons (Fsp3) is 0.462. The molecule has 0 bridgehead atoms. The van der Waals surface area contributed by atoms with Gasteiger partial charge in [0.15, 0.2) is 6.10 Å². The SMILES string of the molecule is O=C(OC1COC1)N1CCN(c2ccnc3[nH]c(-c4ccc(C5(O)CCOCC5)cc4)cc23)CC1. The Hall–Kier alpha value is -3.14. The van der Waals surface area contributed by atoms with Gasteiger partial charge in [0.2, 0.25) is 0 Å². The Morgan fingerprint density at radius 3 is 2.49 bits per heavy atom. The Balaban J connectivity index is 1.17. The first-order valence-corrected chi connectivity index (χ1v) is 12.3. The molecule has 0 saturated carbocycles. The second-order valence-corrected chi connectivity index (χ2v) is 9.51. The molecule has 3 fully saturated rings. The van der Waals surface area contributed by atoms with Crippen molar-refractivity contribution in [2.45, 2.75) is 24.5 Å². The fourth-order valence-electron chi connectivity index (χ4n) is 5.03. The average Bonchev–Trinajstić information content (AvgIpc) is 3.31. The molecule has 0 atom stereocenters. The number of hydrogen-bond acceptors (Lipinski definition) is 7. The largest absolute Gasteiger partial charge is 0.441 e. The zero-order chi connectivity index (χ0) is 23.8. The maximum Gasteiger partial charge on any atom is 0.410 e. The third-order valence-electron chi connectivity index (χ3n) is 7.32. The van der Waals surface area contributed by atoms with Crippen LogP contribution < -0.4 is 4.90 Å². The van der Waals surface area contributed by atoms with E-state index >= 15 is 0 Å². The summed E-state index contributed by atoms with van der Waals surface area (Å²) in [6.07, 6.45) is 2.69. The van der Waals surface area contributed by atoms with E-state index in [1.807, 2.05) is 36.5 Å². The summed E-state index contributed by atoms with van der Waals surface area (Å²) >= 11 is 0. The van der Waals surface area contributed by atoms with Crippen molar-refractivity contribution in [3.63, 3.8) is 0 Å². The molecule has 5 heterocycles. The number of fused-ring (bicyclic) bond motifs is 1. The van der Waals surface area contributed by atoms with Gasteiger partial charge in [-0.2, -0.15) is 0 Å². The number of H-pyrrole nitrogens is 1. The maximum atomic E-state index is 12.4. The number of aliphatic hydroxyl groups is 1. The minimum absolute atomic E-state index is 0.104. The van der Waals surface area contributed by atoms with Gasteiger partial charge in [0.05, 0.1) is 18.8 Å². The van der Waals surface area contributed by atoms with E-state index in [0.717, 1.165) is 46.6 Å². The van der Waals surface area contributed by atoms with E-state index < -0.39 is 5.60 Å².